The molecule has 0 radical (unpaired) electrons. The maximum Gasteiger partial charge on any atom is 0.261 e. The summed E-state index contributed by atoms with van der Waals surface area (Å²) in [5, 5.41) is 12.9. The zero-order valence-corrected chi connectivity index (χ0v) is 20.0. The van der Waals surface area contributed by atoms with E-state index in [4.69, 9.17) is 33.0 Å². The molecule has 6 nitrogen and oxygen atoms in total. The van der Waals surface area contributed by atoms with E-state index in [9.17, 15) is 9.59 Å². The van der Waals surface area contributed by atoms with Crippen molar-refractivity contribution in [3.05, 3.63) is 100 Å². The number of hydrogen-bond donors (Lipinski definition) is 2. The van der Waals surface area contributed by atoms with Gasteiger partial charge in [0, 0.05) is 24.7 Å². The van der Waals surface area contributed by atoms with Gasteiger partial charge >= 0.3 is 0 Å². The smallest absolute Gasteiger partial charge is 0.261 e. The number of aliphatic hydroxyl groups is 1. The van der Waals surface area contributed by atoms with Crippen LogP contribution in [0, 0.1) is 0 Å². The number of para-hydroxylation sites is 1. The summed E-state index contributed by atoms with van der Waals surface area (Å²) in [4.78, 5) is 28.2. The standard InChI is InChI=1S/C26H26Cl2N2O4/c27-21-13-11-19(12-14-21)17-30(24(32)18-34-23-10-5-4-9-22(23)28)25(20-7-2-1-3-8-20)26(33)29-15-6-16-31/h1-5,7-14,25,31H,6,15-18H2,(H,29,33)/t25-/m0/s1. The lowest BCUT2D eigenvalue weighted by Gasteiger charge is -2.31. The first-order valence-electron chi connectivity index (χ1n) is 10.8. The predicted molar refractivity (Wildman–Crippen MR) is 133 cm³/mol. The molecule has 0 spiro atoms. The van der Waals surface area contributed by atoms with Crippen LogP contribution >= 0.6 is 23.2 Å². The van der Waals surface area contributed by atoms with Gasteiger partial charge in [-0.1, -0.05) is 77.8 Å². The third kappa shape index (κ3) is 7.22. The van der Waals surface area contributed by atoms with Crippen molar-refractivity contribution >= 4 is 35.0 Å². The summed E-state index contributed by atoms with van der Waals surface area (Å²) < 4.78 is 5.69. The molecular formula is C26H26Cl2N2O4. The zero-order valence-electron chi connectivity index (χ0n) is 18.5. The Morgan fingerprint density at radius 1 is 0.941 bits per heavy atom. The second-order valence-electron chi connectivity index (χ2n) is 7.55. The summed E-state index contributed by atoms with van der Waals surface area (Å²) in [7, 11) is 0. The first-order chi connectivity index (χ1) is 16.5. The Labute approximate surface area is 209 Å². The Morgan fingerprint density at radius 2 is 1.62 bits per heavy atom. The van der Waals surface area contributed by atoms with E-state index < -0.39 is 6.04 Å². The van der Waals surface area contributed by atoms with E-state index >= 15 is 0 Å². The Kier molecular flexibility index (Phi) is 9.76. The summed E-state index contributed by atoms with van der Waals surface area (Å²) in [5.41, 5.74) is 1.46. The van der Waals surface area contributed by atoms with Crippen molar-refractivity contribution in [2.24, 2.45) is 0 Å². The van der Waals surface area contributed by atoms with Gasteiger partial charge in [-0.3, -0.25) is 9.59 Å². The summed E-state index contributed by atoms with van der Waals surface area (Å²) in [6, 6.07) is 22.1. The zero-order chi connectivity index (χ0) is 24.3. The van der Waals surface area contributed by atoms with Crippen molar-refractivity contribution in [3.8, 4) is 5.75 Å². The Hall–Kier alpha value is -3.06. The van der Waals surface area contributed by atoms with Gasteiger partial charge in [-0.15, -0.1) is 0 Å². The van der Waals surface area contributed by atoms with Crippen LogP contribution in [0.4, 0.5) is 0 Å². The summed E-state index contributed by atoms with van der Waals surface area (Å²) in [5.74, 6) is -0.353. The van der Waals surface area contributed by atoms with E-state index in [2.05, 4.69) is 5.32 Å². The Balaban J connectivity index is 1.91. The van der Waals surface area contributed by atoms with Gasteiger partial charge in [-0.05, 0) is 41.8 Å². The quantitative estimate of drug-likeness (QED) is 0.376. The number of nitrogens with one attached hydrogen (secondary N) is 1. The molecule has 3 aromatic rings. The van der Waals surface area contributed by atoms with Crippen molar-refractivity contribution in [2.75, 3.05) is 19.8 Å². The number of benzene rings is 3. The molecule has 0 fully saturated rings. The minimum atomic E-state index is -0.905. The lowest BCUT2D eigenvalue weighted by molar-refractivity contribution is -0.143. The number of hydrogen-bond acceptors (Lipinski definition) is 4. The largest absolute Gasteiger partial charge is 0.482 e. The van der Waals surface area contributed by atoms with Gasteiger partial charge in [-0.2, -0.15) is 0 Å². The fourth-order valence-electron chi connectivity index (χ4n) is 3.39. The molecular weight excluding hydrogens is 475 g/mol. The Morgan fingerprint density at radius 3 is 2.29 bits per heavy atom. The average Bonchev–Trinajstić information content (AvgIpc) is 2.85. The lowest BCUT2D eigenvalue weighted by Crippen LogP contribution is -2.45. The van der Waals surface area contributed by atoms with E-state index in [-0.39, 0.29) is 38.1 Å². The molecule has 3 aromatic carbocycles. The Bertz CT molecular complexity index is 1080. The van der Waals surface area contributed by atoms with Crippen molar-refractivity contribution in [1.82, 2.24) is 10.2 Å². The third-order valence-electron chi connectivity index (χ3n) is 5.08. The normalized spacial score (nSPS) is 11.5. The van der Waals surface area contributed by atoms with Crippen molar-refractivity contribution < 1.29 is 19.4 Å². The number of halogens is 2. The van der Waals surface area contributed by atoms with Crippen molar-refractivity contribution in [3.63, 3.8) is 0 Å². The van der Waals surface area contributed by atoms with Crippen LogP contribution in [0.3, 0.4) is 0 Å². The molecule has 1 atom stereocenters. The van der Waals surface area contributed by atoms with Crippen LogP contribution in [0.2, 0.25) is 10.0 Å². The highest BCUT2D eigenvalue weighted by atomic mass is 35.5. The number of amides is 2. The van der Waals surface area contributed by atoms with Crippen LogP contribution in [-0.4, -0.2) is 41.6 Å². The first kappa shape index (κ1) is 25.6. The average molecular weight is 501 g/mol. The van der Waals surface area contributed by atoms with E-state index in [1.807, 2.05) is 30.3 Å². The van der Waals surface area contributed by atoms with Gasteiger partial charge in [0.05, 0.1) is 5.02 Å². The molecule has 0 aliphatic carbocycles. The van der Waals surface area contributed by atoms with Crippen LogP contribution in [0.5, 0.6) is 5.75 Å². The number of carbonyl (C=O) groups is 2. The highest BCUT2D eigenvalue weighted by Crippen LogP contribution is 2.26. The molecule has 2 N–H and O–H groups in total. The minimum absolute atomic E-state index is 0.0463. The summed E-state index contributed by atoms with van der Waals surface area (Å²) in [6.07, 6.45) is 0.411. The molecule has 0 aromatic heterocycles. The van der Waals surface area contributed by atoms with Gasteiger partial charge in [0.15, 0.2) is 6.61 Å². The first-order valence-corrected chi connectivity index (χ1v) is 11.6. The molecule has 0 heterocycles. The molecule has 8 heteroatoms. The van der Waals surface area contributed by atoms with E-state index in [1.165, 1.54) is 4.90 Å². The van der Waals surface area contributed by atoms with Crippen LogP contribution < -0.4 is 10.1 Å². The molecule has 0 saturated carbocycles. The molecule has 3 rings (SSSR count). The van der Waals surface area contributed by atoms with Crippen molar-refractivity contribution in [1.29, 1.82) is 0 Å². The highest BCUT2D eigenvalue weighted by Gasteiger charge is 2.31. The molecule has 0 aliphatic rings. The van der Waals surface area contributed by atoms with E-state index in [1.54, 1.807) is 48.5 Å². The molecule has 2 amide bonds. The van der Waals surface area contributed by atoms with Gasteiger partial charge < -0.3 is 20.1 Å². The number of carbonyl (C=O) groups excluding carboxylic acids is 2. The highest BCUT2D eigenvalue weighted by molar-refractivity contribution is 6.32. The third-order valence-corrected chi connectivity index (χ3v) is 5.65. The van der Waals surface area contributed by atoms with Crippen LogP contribution in [-0.2, 0) is 16.1 Å². The number of rotatable bonds is 11. The molecule has 34 heavy (non-hydrogen) atoms. The molecule has 0 saturated heterocycles. The fourth-order valence-corrected chi connectivity index (χ4v) is 3.71. The summed E-state index contributed by atoms with van der Waals surface area (Å²) in [6.45, 7) is 0.104. The molecule has 0 aliphatic heterocycles. The molecule has 0 unspecified atom stereocenters. The maximum atomic E-state index is 13.5. The second kappa shape index (κ2) is 13.0. The maximum absolute atomic E-state index is 13.5. The number of aliphatic hydroxyl groups excluding tert-OH is 1. The monoisotopic (exact) mass is 500 g/mol. The minimum Gasteiger partial charge on any atom is -0.482 e. The van der Waals surface area contributed by atoms with Crippen LogP contribution in [0.25, 0.3) is 0 Å². The number of nitrogens with zero attached hydrogens (tertiary/aromatic N) is 1. The van der Waals surface area contributed by atoms with Crippen molar-refractivity contribution in [2.45, 2.75) is 19.0 Å². The molecule has 0 bridgehead atoms. The van der Waals surface area contributed by atoms with Gasteiger partial charge in [0.25, 0.3) is 5.91 Å². The van der Waals surface area contributed by atoms with Gasteiger partial charge in [0.1, 0.15) is 11.8 Å². The van der Waals surface area contributed by atoms with E-state index in [0.717, 1.165) is 5.56 Å². The SMILES string of the molecule is O=C(NCCCO)[C@H](c1ccccc1)N(Cc1ccc(Cl)cc1)C(=O)COc1ccccc1Cl. The van der Waals surface area contributed by atoms with Crippen LogP contribution in [0.1, 0.15) is 23.6 Å². The lowest BCUT2D eigenvalue weighted by atomic mass is 10.0. The van der Waals surface area contributed by atoms with E-state index in [0.29, 0.717) is 27.8 Å². The van der Waals surface area contributed by atoms with Gasteiger partial charge in [-0.25, -0.2) is 0 Å². The number of ether oxygens (including phenoxy) is 1. The second-order valence-corrected chi connectivity index (χ2v) is 8.39. The molecule has 178 valence electrons. The van der Waals surface area contributed by atoms with Crippen LogP contribution in [0.15, 0.2) is 78.9 Å². The predicted octanol–water partition coefficient (Wildman–Crippen LogP) is 4.64. The fraction of sp³-hybridized carbons (Fsp3) is 0.231. The summed E-state index contributed by atoms with van der Waals surface area (Å²) >= 11 is 12.2. The van der Waals surface area contributed by atoms with Gasteiger partial charge in [0.2, 0.25) is 5.91 Å². The topological polar surface area (TPSA) is 78.9 Å².